The zero-order valence-electron chi connectivity index (χ0n) is 8.44. The van der Waals surface area contributed by atoms with Crippen molar-refractivity contribution in [2.45, 2.75) is 24.6 Å². The number of primary amides is 1. The third-order valence-corrected chi connectivity index (χ3v) is 1.81. The summed E-state index contributed by atoms with van der Waals surface area (Å²) < 4.78 is 59.7. The smallest absolute Gasteiger partial charge is 0.372 e. The average molecular weight is 264 g/mol. The van der Waals surface area contributed by atoms with Crippen LogP contribution in [0, 0.1) is 0 Å². The predicted octanol–water partition coefficient (Wildman–Crippen LogP) is -0.464. The molecule has 10 heteroatoms. The third kappa shape index (κ3) is 3.51. The van der Waals surface area contributed by atoms with Gasteiger partial charge in [-0.05, 0) is 6.92 Å². The molecule has 1 atom stereocenters. The van der Waals surface area contributed by atoms with E-state index in [9.17, 15) is 31.5 Å². The van der Waals surface area contributed by atoms with Gasteiger partial charge in [0.25, 0.3) is 11.8 Å². The van der Waals surface area contributed by atoms with Gasteiger partial charge in [-0.25, -0.2) is 0 Å². The number of carbonyl (C=O) groups is 2. The first-order valence-corrected chi connectivity index (χ1v) is 4.07. The number of aliphatic hydroxyl groups is 1. The predicted molar refractivity (Wildman–Crippen MR) is 43.8 cm³/mol. The van der Waals surface area contributed by atoms with Gasteiger partial charge in [-0.1, -0.05) is 0 Å². The van der Waals surface area contributed by atoms with Crippen LogP contribution < -0.4 is 11.1 Å². The molecule has 0 aliphatic heterocycles. The van der Waals surface area contributed by atoms with E-state index in [0.29, 0.717) is 6.92 Å². The molecule has 0 bridgehead atoms. The summed E-state index contributed by atoms with van der Waals surface area (Å²) in [5, 5.41) is 10.1. The van der Waals surface area contributed by atoms with Gasteiger partial charge in [-0.15, -0.1) is 0 Å². The topological polar surface area (TPSA) is 92.4 Å². The van der Waals surface area contributed by atoms with Crippen LogP contribution in [0.25, 0.3) is 0 Å². The number of alkyl halides is 5. The fourth-order valence-corrected chi connectivity index (χ4v) is 0.576. The molecule has 0 aliphatic carbocycles. The molecule has 4 N–H and O–H groups in total. The molecule has 5 nitrogen and oxygen atoms in total. The van der Waals surface area contributed by atoms with E-state index in [1.807, 2.05) is 0 Å². The van der Waals surface area contributed by atoms with Crippen LogP contribution in [0.2, 0.25) is 0 Å². The Morgan fingerprint density at radius 2 is 1.65 bits per heavy atom. The Morgan fingerprint density at radius 1 is 1.24 bits per heavy atom. The molecule has 0 aromatic rings. The van der Waals surface area contributed by atoms with Gasteiger partial charge >= 0.3 is 12.1 Å². The molecule has 100 valence electrons. The van der Waals surface area contributed by atoms with Crippen molar-refractivity contribution in [1.29, 1.82) is 0 Å². The van der Waals surface area contributed by atoms with E-state index >= 15 is 0 Å². The summed E-state index contributed by atoms with van der Waals surface area (Å²) in [7, 11) is 0. The summed E-state index contributed by atoms with van der Waals surface area (Å²) in [6.07, 6.45) is -5.85. The summed E-state index contributed by atoms with van der Waals surface area (Å²) in [5.41, 5.74) is 1.68. The lowest BCUT2D eigenvalue weighted by Gasteiger charge is -2.23. The number of amides is 2. The van der Waals surface area contributed by atoms with E-state index in [1.165, 1.54) is 0 Å². The second kappa shape index (κ2) is 4.43. The quantitative estimate of drug-likeness (QED) is 0.473. The van der Waals surface area contributed by atoms with Crippen molar-refractivity contribution in [1.82, 2.24) is 5.32 Å². The highest BCUT2D eigenvalue weighted by atomic mass is 19.4. The van der Waals surface area contributed by atoms with E-state index in [4.69, 9.17) is 5.11 Å². The second-order valence-corrected chi connectivity index (χ2v) is 3.32. The van der Waals surface area contributed by atoms with Gasteiger partial charge in [0.05, 0.1) is 6.54 Å². The molecule has 0 aromatic heterocycles. The molecule has 17 heavy (non-hydrogen) atoms. The summed E-state index contributed by atoms with van der Waals surface area (Å²) >= 11 is 0. The van der Waals surface area contributed by atoms with Gasteiger partial charge in [0, 0.05) is 0 Å². The van der Waals surface area contributed by atoms with Crippen molar-refractivity contribution >= 4 is 11.8 Å². The first kappa shape index (κ1) is 15.5. The first-order valence-electron chi connectivity index (χ1n) is 4.07. The lowest BCUT2D eigenvalue weighted by Crippen LogP contribution is -2.56. The number of hydrogen-bond acceptors (Lipinski definition) is 3. The Labute approximate surface area is 91.8 Å². The number of carbonyl (C=O) groups excluding carboxylic acids is 2. The van der Waals surface area contributed by atoms with Crippen molar-refractivity contribution in [3.05, 3.63) is 0 Å². The zero-order valence-corrected chi connectivity index (χ0v) is 8.44. The van der Waals surface area contributed by atoms with Crippen molar-refractivity contribution in [3.63, 3.8) is 0 Å². The van der Waals surface area contributed by atoms with Gasteiger partial charge in [0.2, 0.25) is 5.60 Å². The first-order chi connectivity index (χ1) is 7.32. The Bertz CT molecular complexity index is 326. The van der Waals surface area contributed by atoms with Crippen LogP contribution in [0.15, 0.2) is 0 Å². The highest BCUT2D eigenvalue weighted by molar-refractivity contribution is 6.06. The molecule has 0 rings (SSSR count). The molecule has 0 saturated carbocycles. The van der Waals surface area contributed by atoms with Crippen molar-refractivity contribution < 1.29 is 36.6 Å². The van der Waals surface area contributed by atoms with Gasteiger partial charge < -0.3 is 16.2 Å². The van der Waals surface area contributed by atoms with E-state index in [1.54, 1.807) is 0 Å². The Morgan fingerprint density at radius 3 is 1.94 bits per heavy atom. The number of hydrogen-bond donors (Lipinski definition) is 3. The van der Waals surface area contributed by atoms with E-state index in [2.05, 4.69) is 5.73 Å². The van der Waals surface area contributed by atoms with E-state index < -0.39 is 36.1 Å². The van der Waals surface area contributed by atoms with Crippen LogP contribution in [-0.2, 0) is 9.59 Å². The summed E-state index contributed by atoms with van der Waals surface area (Å²) in [6.45, 7) is -1.53. The molecule has 0 unspecified atom stereocenters. The lowest BCUT2D eigenvalue weighted by atomic mass is 10.1. The van der Waals surface area contributed by atoms with Crippen LogP contribution in [0.1, 0.15) is 6.92 Å². The molecule has 0 spiro atoms. The number of rotatable bonds is 4. The maximum atomic E-state index is 12.3. The normalized spacial score (nSPS) is 16.2. The van der Waals surface area contributed by atoms with Crippen molar-refractivity contribution in [2.24, 2.45) is 5.73 Å². The fourth-order valence-electron chi connectivity index (χ4n) is 0.576. The molecule has 2 amide bonds. The third-order valence-electron chi connectivity index (χ3n) is 1.81. The summed E-state index contributed by atoms with van der Waals surface area (Å²) in [5.74, 6) is -8.49. The van der Waals surface area contributed by atoms with Gasteiger partial charge in [-0.3, -0.25) is 9.59 Å². The molecule has 0 aliphatic rings. The van der Waals surface area contributed by atoms with Crippen molar-refractivity contribution in [2.75, 3.05) is 6.54 Å². The molecular weight excluding hydrogens is 255 g/mol. The molecular formula is C7H9F5N2O3. The standard InChI is InChI=1S/C7H9F5N2O3/c1-5(17,3(13)15)4(16)14-2-6(8,9)7(10,11)12/h17H,2H2,1H3,(H2,13,15)(H,14,16)/t5-/m1/s1. The van der Waals surface area contributed by atoms with Gasteiger partial charge in [0.15, 0.2) is 0 Å². The second-order valence-electron chi connectivity index (χ2n) is 3.32. The lowest BCUT2D eigenvalue weighted by molar-refractivity contribution is -0.278. The fraction of sp³-hybridized carbons (Fsp3) is 0.714. The number of halogens is 5. The Hall–Kier alpha value is -1.45. The number of nitrogens with one attached hydrogen (secondary N) is 1. The van der Waals surface area contributed by atoms with Crippen LogP contribution >= 0.6 is 0 Å². The monoisotopic (exact) mass is 264 g/mol. The zero-order chi connectivity index (χ0) is 14.1. The highest BCUT2D eigenvalue weighted by Crippen LogP contribution is 2.34. The SMILES string of the molecule is C[C@@](O)(C(N)=O)C(=O)NCC(F)(F)C(F)(F)F. The van der Waals surface area contributed by atoms with Crippen LogP contribution in [-0.4, -0.2) is 41.2 Å². The highest BCUT2D eigenvalue weighted by Gasteiger charge is 2.57. The van der Waals surface area contributed by atoms with E-state index in [-0.39, 0.29) is 0 Å². The average Bonchev–Trinajstić information content (AvgIpc) is 2.11. The van der Waals surface area contributed by atoms with Crippen LogP contribution in [0.5, 0.6) is 0 Å². The molecule has 0 heterocycles. The molecule has 0 radical (unpaired) electrons. The van der Waals surface area contributed by atoms with Crippen molar-refractivity contribution in [3.8, 4) is 0 Å². The minimum atomic E-state index is -5.85. The maximum Gasteiger partial charge on any atom is 0.455 e. The Balaban J connectivity index is 4.61. The largest absolute Gasteiger partial charge is 0.455 e. The van der Waals surface area contributed by atoms with Gasteiger partial charge in [0.1, 0.15) is 0 Å². The molecule has 0 aromatic carbocycles. The van der Waals surface area contributed by atoms with Crippen LogP contribution in [0.3, 0.4) is 0 Å². The minimum absolute atomic E-state index is 0.566. The number of nitrogens with two attached hydrogens (primary N) is 1. The summed E-state index contributed by atoms with van der Waals surface area (Å²) in [6, 6.07) is 0. The van der Waals surface area contributed by atoms with Gasteiger partial charge in [-0.2, -0.15) is 22.0 Å². The molecule has 0 fully saturated rings. The minimum Gasteiger partial charge on any atom is -0.372 e. The Kier molecular flexibility index (Phi) is 4.05. The van der Waals surface area contributed by atoms with Crippen LogP contribution in [0.4, 0.5) is 22.0 Å². The maximum absolute atomic E-state index is 12.3. The molecule has 0 saturated heterocycles. The van der Waals surface area contributed by atoms with E-state index in [0.717, 1.165) is 5.32 Å². The summed E-state index contributed by atoms with van der Waals surface area (Å²) in [4.78, 5) is 21.4.